The van der Waals surface area contributed by atoms with Gasteiger partial charge >= 0.3 is 6.18 Å². The summed E-state index contributed by atoms with van der Waals surface area (Å²) in [6.45, 7) is 3.03. The summed E-state index contributed by atoms with van der Waals surface area (Å²) in [5, 5.41) is 6.01. The van der Waals surface area contributed by atoms with Gasteiger partial charge in [-0.25, -0.2) is 9.98 Å². The van der Waals surface area contributed by atoms with Crippen molar-refractivity contribution in [2.75, 3.05) is 32.8 Å². The molecule has 0 atom stereocenters. The maximum absolute atomic E-state index is 12.2. The number of nitrogens with zero attached hydrogens (tertiary/aromatic N) is 3. The average molecular weight is 387 g/mol. The van der Waals surface area contributed by atoms with Gasteiger partial charge in [0.05, 0.1) is 13.1 Å². The summed E-state index contributed by atoms with van der Waals surface area (Å²) in [6.07, 6.45) is -0.991. The quantitative estimate of drug-likeness (QED) is 0.550. The molecule has 1 amide bonds. The molecule has 2 heterocycles. The summed E-state index contributed by atoms with van der Waals surface area (Å²) in [6, 6.07) is 3.05. The van der Waals surface area contributed by atoms with Gasteiger partial charge in [-0.05, 0) is 31.4 Å². The van der Waals surface area contributed by atoms with Gasteiger partial charge in [-0.2, -0.15) is 13.2 Å². The minimum atomic E-state index is -4.42. The molecule has 1 aliphatic heterocycles. The van der Waals surface area contributed by atoms with Gasteiger partial charge in [0.2, 0.25) is 11.8 Å². The highest BCUT2D eigenvalue weighted by Crippen LogP contribution is 2.17. The van der Waals surface area contributed by atoms with Crippen molar-refractivity contribution in [1.82, 2.24) is 20.5 Å². The Kier molecular flexibility index (Phi) is 7.68. The Bertz CT molecular complexity index is 646. The van der Waals surface area contributed by atoms with E-state index in [4.69, 9.17) is 0 Å². The summed E-state index contributed by atoms with van der Waals surface area (Å²) in [5.41, 5.74) is 0.644. The molecule has 0 aliphatic carbocycles. The van der Waals surface area contributed by atoms with Gasteiger partial charge in [0.25, 0.3) is 0 Å². The fourth-order valence-corrected chi connectivity index (χ4v) is 2.53. The summed E-state index contributed by atoms with van der Waals surface area (Å²) in [7, 11) is 0. The van der Waals surface area contributed by atoms with Crippen LogP contribution in [-0.2, 0) is 11.3 Å². The summed E-state index contributed by atoms with van der Waals surface area (Å²) >= 11 is 0. The first kappa shape index (κ1) is 20.8. The number of likely N-dealkylation sites (tertiary alicyclic amines) is 1. The fourth-order valence-electron chi connectivity index (χ4n) is 2.53. The Morgan fingerprint density at radius 1 is 1.33 bits per heavy atom. The number of rotatable bonds is 7. The maximum atomic E-state index is 12.2. The van der Waals surface area contributed by atoms with Crippen LogP contribution in [0.3, 0.4) is 0 Å². The lowest BCUT2D eigenvalue weighted by atomic mass is 10.3. The Hall–Kier alpha value is -2.52. The van der Waals surface area contributed by atoms with E-state index >= 15 is 0 Å². The van der Waals surface area contributed by atoms with Crippen molar-refractivity contribution in [2.45, 2.75) is 32.5 Å². The van der Waals surface area contributed by atoms with Crippen LogP contribution in [0, 0.1) is 0 Å². The molecule has 1 aromatic heterocycles. The minimum absolute atomic E-state index is 0.0184. The Morgan fingerprint density at radius 3 is 2.74 bits per heavy atom. The molecule has 1 saturated heterocycles. The highest BCUT2D eigenvalue weighted by atomic mass is 19.4. The first-order chi connectivity index (χ1) is 12.9. The molecule has 1 aliphatic rings. The molecule has 0 saturated carbocycles. The molecule has 7 nitrogen and oxygen atoms in total. The number of pyridine rings is 1. The smallest absolute Gasteiger partial charge is 0.422 e. The van der Waals surface area contributed by atoms with Crippen molar-refractivity contribution in [1.29, 1.82) is 0 Å². The van der Waals surface area contributed by atoms with Crippen LogP contribution in [-0.4, -0.2) is 60.7 Å². The van der Waals surface area contributed by atoms with E-state index in [-0.39, 0.29) is 24.9 Å². The van der Waals surface area contributed by atoms with Crippen LogP contribution >= 0.6 is 0 Å². The number of alkyl halides is 3. The molecular weight excluding hydrogens is 363 g/mol. The molecule has 27 heavy (non-hydrogen) atoms. The van der Waals surface area contributed by atoms with Crippen LogP contribution in [0.5, 0.6) is 5.88 Å². The molecular formula is C17H24F3N5O2. The molecule has 10 heteroatoms. The van der Waals surface area contributed by atoms with E-state index in [1.165, 1.54) is 12.3 Å². The van der Waals surface area contributed by atoms with Gasteiger partial charge in [0, 0.05) is 31.9 Å². The minimum Gasteiger partial charge on any atom is -0.468 e. The van der Waals surface area contributed by atoms with Crippen LogP contribution in [0.2, 0.25) is 0 Å². The fraction of sp³-hybridized carbons (Fsp3) is 0.588. The number of aromatic nitrogens is 1. The van der Waals surface area contributed by atoms with E-state index in [1.807, 2.05) is 11.8 Å². The Morgan fingerprint density at radius 2 is 2.07 bits per heavy atom. The van der Waals surface area contributed by atoms with Crippen LogP contribution in [0.4, 0.5) is 13.2 Å². The molecule has 0 unspecified atom stereocenters. The number of carbonyl (C=O) groups excluding carboxylic acids is 1. The lowest BCUT2D eigenvalue weighted by molar-refractivity contribution is -0.154. The molecule has 0 spiro atoms. The standard InChI is InChI=1S/C17H24F3N5O2/c1-2-21-16(24-11-15(26)25-7-3-4-8-25)23-10-13-5-6-22-14(9-13)27-12-17(18,19)20/h5-6,9H,2-4,7-8,10-12H2,1H3,(H2,21,23,24). The van der Waals surface area contributed by atoms with Gasteiger partial charge in [-0.15, -0.1) is 0 Å². The number of carbonyl (C=O) groups is 1. The number of guanidine groups is 1. The molecule has 2 N–H and O–H groups in total. The molecule has 0 bridgehead atoms. The van der Waals surface area contributed by atoms with Crippen molar-refractivity contribution in [2.24, 2.45) is 4.99 Å². The van der Waals surface area contributed by atoms with Crippen molar-refractivity contribution in [3.8, 4) is 5.88 Å². The number of ether oxygens (including phenoxy) is 1. The molecule has 2 rings (SSSR count). The zero-order chi connectivity index (χ0) is 19.7. The first-order valence-electron chi connectivity index (χ1n) is 8.82. The van der Waals surface area contributed by atoms with Gasteiger partial charge in [0.15, 0.2) is 12.6 Å². The van der Waals surface area contributed by atoms with E-state index < -0.39 is 12.8 Å². The van der Waals surface area contributed by atoms with Crippen LogP contribution in [0.15, 0.2) is 23.3 Å². The van der Waals surface area contributed by atoms with Gasteiger partial charge in [0.1, 0.15) is 0 Å². The number of aliphatic imine (C=N–C) groups is 1. The second-order valence-electron chi connectivity index (χ2n) is 6.04. The van der Waals surface area contributed by atoms with Gasteiger partial charge in [-0.3, -0.25) is 4.79 Å². The lowest BCUT2D eigenvalue weighted by Crippen LogP contribution is -2.44. The lowest BCUT2D eigenvalue weighted by Gasteiger charge is -2.17. The monoisotopic (exact) mass is 387 g/mol. The summed E-state index contributed by atoms with van der Waals surface area (Å²) in [4.78, 5) is 22.0. The van der Waals surface area contributed by atoms with Crippen molar-refractivity contribution in [3.05, 3.63) is 23.9 Å². The normalized spacial score (nSPS) is 15.0. The third-order valence-corrected chi connectivity index (χ3v) is 3.81. The third-order valence-electron chi connectivity index (χ3n) is 3.81. The molecule has 1 aromatic rings. The number of hydrogen-bond acceptors (Lipinski definition) is 4. The second kappa shape index (κ2) is 9.98. The van der Waals surface area contributed by atoms with E-state index in [2.05, 4.69) is 25.3 Å². The van der Waals surface area contributed by atoms with Crippen molar-refractivity contribution in [3.63, 3.8) is 0 Å². The number of nitrogens with one attached hydrogen (secondary N) is 2. The Balaban J connectivity index is 1.90. The van der Waals surface area contributed by atoms with E-state index in [9.17, 15) is 18.0 Å². The third kappa shape index (κ3) is 7.71. The summed E-state index contributed by atoms with van der Waals surface area (Å²) < 4.78 is 41.3. The largest absolute Gasteiger partial charge is 0.468 e. The molecule has 0 radical (unpaired) electrons. The number of halogens is 3. The van der Waals surface area contributed by atoms with Gasteiger partial charge in [-0.1, -0.05) is 0 Å². The van der Waals surface area contributed by atoms with Crippen molar-refractivity contribution >= 4 is 11.9 Å². The van der Waals surface area contributed by atoms with Gasteiger partial charge < -0.3 is 20.3 Å². The maximum Gasteiger partial charge on any atom is 0.422 e. The van der Waals surface area contributed by atoms with Crippen LogP contribution in [0.25, 0.3) is 0 Å². The SMILES string of the molecule is CCNC(=NCc1ccnc(OCC(F)(F)F)c1)NCC(=O)N1CCCC1. The van der Waals surface area contributed by atoms with E-state index in [0.29, 0.717) is 18.1 Å². The predicted molar refractivity (Wildman–Crippen MR) is 94.4 cm³/mol. The highest BCUT2D eigenvalue weighted by Gasteiger charge is 2.28. The molecule has 0 aromatic carbocycles. The predicted octanol–water partition coefficient (Wildman–Crippen LogP) is 1.70. The average Bonchev–Trinajstić information content (AvgIpc) is 3.17. The first-order valence-corrected chi connectivity index (χ1v) is 8.82. The molecule has 1 fully saturated rings. The topological polar surface area (TPSA) is 78.9 Å². The molecule has 150 valence electrons. The van der Waals surface area contributed by atoms with Crippen molar-refractivity contribution < 1.29 is 22.7 Å². The number of amides is 1. The zero-order valence-electron chi connectivity index (χ0n) is 15.2. The summed E-state index contributed by atoms with van der Waals surface area (Å²) in [5.74, 6) is 0.367. The highest BCUT2D eigenvalue weighted by molar-refractivity contribution is 5.86. The number of hydrogen-bond donors (Lipinski definition) is 2. The van der Waals surface area contributed by atoms with Crippen LogP contribution in [0.1, 0.15) is 25.3 Å². The van der Waals surface area contributed by atoms with Crippen LogP contribution < -0.4 is 15.4 Å². The van der Waals surface area contributed by atoms with E-state index in [1.54, 1.807) is 6.07 Å². The van der Waals surface area contributed by atoms with E-state index in [0.717, 1.165) is 25.9 Å². The zero-order valence-corrected chi connectivity index (χ0v) is 15.2. The second-order valence-corrected chi connectivity index (χ2v) is 6.04. The Labute approximate surface area is 156 Å².